The zero-order chi connectivity index (χ0) is 27.1. The van der Waals surface area contributed by atoms with E-state index in [-0.39, 0.29) is 30.2 Å². The molecule has 38 heavy (non-hydrogen) atoms. The maximum Gasteiger partial charge on any atom is 0.411 e. The lowest BCUT2D eigenvalue weighted by molar-refractivity contribution is -0.161. The second kappa shape index (κ2) is 12.7. The Morgan fingerprint density at radius 2 is 1.66 bits per heavy atom. The van der Waals surface area contributed by atoms with Gasteiger partial charge in [0.1, 0.15) is 18.0 Å². The normalized spacial score (nSPS) is 21.1. The zero-order valence-electron chi connectivity index (χ0n) is 22.9. The molecule has 0 unspecified atom stereocenters. The Balaban J connectivity index is 1.19. The van der Waals surface area contributed by atoms with E-state index >= 15 is 0 Å². The second-order valence-electron chi connectivity index (χ2n) is 11.7. The lowest BCUT2D eigenvalue weighted by Crippen LogP contribution is -2.38. The topological polar surface area (TPSA) is 67.9 Å². The molecular weight excluding hydrogens is 483 g/mol. The van der Waals surface area contributed by atoms with Crippen molar-refractivity contribution in [3.05, 3.63) is 65.5 Å². The Hall–Kier alpha value is -2.93. The Morgan fingerprint density at radius 1 is 0.974 bits per heavy atom. The van der Waals surface area contributed by atoms with Crippen LogP contribution in [0.4, 0.5) is 14.9 Å². The first-order valence-corrected chi connectivity index (χ1v) is 13.9. The van der Waals surface area contributed by atoms with E-state index in [1.165, 1.54) is 6.07 Å². The number of benzene rings is 2. The molecule has 1 heterocycles. The van der Waals surface area contributed by atoms with Crippen molar-refractivity contribution in [2.45, 2.75) is 77.4 Å². The Kier molecular flexibility index (Phi) is 9.42. The van der Waals surface area contributed by atoms with Crippen LogP contribution in [0.15, 0.2) is 48.5 Å². The number of halogens is 1. The lowest BCUT2D eigenvalue weighted by Gasteiger charge is -2.36. The highest BCUT2D eigenvalue weighted by Gasteiger charge is 2.31. The summed E-state index contributed by atoms with van der Waals surface area (Å²) in [7, 11) is 0. The van der Waals surface area contributed by atoms with Gasteiger partial charge in [0.25, 0.3) is 0 Å². The van der Waals surface area contributed by atoms with E-state index in [9.17, 15) is 14.0 Å². The molecule has 1 aliphatic carbocycles. The molecule has 206 valence electrons. The minimum Gasteiger partial charge on any atom is -0.460 e. The minimum absolute atomic E-state index is 0.0300. The largest absolute Gasteiger partial charge is 0.460 e. The standard InChI is InChI=1S/C31H41FN2O4/c1-31(2,3)38-29(35)25-11-9-22(10-12-25)20-34-17-15-24(16-18-34)27-14-13-26(19-28(27)32)33-30(36)37-21-23-7-5-4-6-8-23/h4-8,13-14,19,22,24-25H,9-12,15-18,20-21H2,1-3H3,(H,33,36). The molecule has 7 heteroatoms. The fraction of sp³-hybridized carbons (Fsp3) is 0.548. The number of anilines is 1. The zero-order valence-corrected chi connectivity index (χ0v) is 22.9. The summed E-state index contributed by atoms with van der Waals surface area (Å²) in [6, 6.07) is 14.3. The van der Waals surface area contributed by atoms with Gasteiger partial charge in [-0.2, -0.15) is 0 Å². The molecule has 1 saturated heterocycles. The van der Waals surface area contributed by atoms with Gasteiger partial charge in [0.2, 0.25) is 0 Å². The van der Waals surface area contributed by atoms with E-state index in [1.807, 2.05) is 51.1 Å². The van der Waals surface area contributed by atoms with Crippen LogP contribution in [0.5, 0.6) is 0 Å². The highest BCUT2D eigenvalue weighted by molar-refractivity contribution is 5.84. The first-order chi connectivity index (χ1) is 18.2. The highest BCUT2D eigenvalue weighted by Crippen LogP contribution is 2.34. The smallest absolute Gasteiger partial charge is 0.411 e. The van der Waals surface area contributed by atoms with Gasteiger partial charge in [-0.1, -0.05) is 36.4 Å². The number of carbonyl (C=O) groups is 2. The first-order valence-electron chi connectivity index (χ1n) is 13.9. The Bertz CT molecular complexity index is 1070. The fourth-order valence-corrected chi connectivity index (χ4v) is 5.57. The summed E-state index contributed by atoms with van der Waals surface area (Å²) in [5, 5.41) is 2.62. The molecule has 0 bridgehead atoms. The summed E-state index contributed by atoms with van der Waals surface area (Å²) in [5.41, 5.74) is 1.57. The number of esters is 1. The van der Waals surface area contributed by atoms with Gasteiger partial charge in [-0.25, -0.2) is 9.18 Å². The molecule has 4 rings (SSSR count). The van der Waals surface area contributed by atoms with E-state index in [0.717, 1.165) is 63.7 Å². The van der Waals surface area contributed by atoms with Crippen LogP contribution in [0, 0.1) is 17.7 Å². The van der Waals surface area contributed by atoms with E-state index in [2.05, 4.69) is 10.2 Å². The summed E-state index contributed by atoms with van der Waals surface area (Å²) >= 11 is 0. The van der Waals surface area contributed by atoms with Crippen molar-refractivity contribution in [1.82, 2.24) is 4.90 Å². The summed E-state index contributed by atoms with van der Waals surface area (Å²) in [4.78, 5) is 27.0. The van der Waals surface area contributed by atoms with Gasteiger partial charge < -0.3 is 14.4 Å². The molecule has 1 saturated carbocycles. The fourth-order valence-electron chi connectivity index (χ4n) is 5.57. The molecule has 6 nitrogen and oxygen atoms in total. The molecule has 0 aromatic heterocycles. The van der Waals surface area contributed by atoms with Crippen molar-refractivity contribution in [2.24, 2.45) is 11.8 Å². The number of likely N-dealkylation sites (tertiary alicyclic amines) is 1. The second-order valence-corrected chi connectivity index (χ2v) is 11.7. The number of amides is 1. The van der Waals surface area contributed by atoms with Gasteiger partial charge in [-0.3, -0.25) is 10.1 Å². The van der Waals surface area contributed by atoms with Crippen LogP contribution in [0.2, 0.25) is 0 Å². The van der Waals surface area contributed by atoms with Crippen LogP contribution in [0.25, 0.3) is 0 Å². The van der Waals surface area contributed by atoms with Gasteiger partial charge >= 0.3 is 12.1 Å². The molecule has 2 aromatic rings. The van der Waals surface area contributed by atoms with Crippen LogP contribution in [0.1, 0.15) is 76.3 Å². The van der Waals surface area contributed by atoms with Crippen LogP contribution >= 0.6 is 0 Å². The van der Waals surface area contributed by atoms with Gasteiger partial charge in [-0.15, -0.1) is 0 Å². The average molecular weight is 525 g/mol. The van der Waals surface area contributed by atoms with Gasteiger partial charge in [0, 0.05) is 12.2 Å². The summed E-state index contributed by atoms with van der Waals surface area (Å²) in [6.07, 6.45) is 5.14. The van der Waals surface area contributed by atoms with Crippen molar-refractivity contribution in [1.29, 1.82) is 0 Å². The maximum atomic E-state index is 15.0. The van der Waals surface area contributed by atoms with Crippen LogP contribution < -0.4 is 5.32 Å². The summed E-state index contributed by atoms with van der Waals surface area (Å²) < 4.78 is 25.8. The molecule has 2 aromatic carbocycles. The molecule has 0 radical (unpaired) electrons. The van der Waals surface area contributed by atoms with Crippen LogP contribution in [-0.4, -0.2) is 42.2 Å². The lowest BCUT2D eigenvalue weighted by atomic mass is 9.81. The van der Waals surface area contributed by atoms with Crippen LogP contribution in [0.3, 0.4) is 0 Å². The van der Waals surface area contributed by atoms with Crippen molar-refractivity contribution >= 4 is 17.7 Å². The summed E-state index contributed by atoms with van der Waals surface area (Å²) in [6.45, 7) is 8.86. The number of carbonyl (C=O) groups excluding carboxylic acids is 2. The number of nitrogens with one attached hydrogen (secondary N) is 1. The third-order valence-corrected chi connectivity index (χ3v) is 7.59. The van der Waals surface area contributed by atoms with Crippen molar-refractivity contribution in [3.63, 3.8) is 0 Å². The van der Waals surface area contributed by atoms with E-state index in [4.69, 9.17) is 9.47 Å². The molecular formula is C31H41FN2O4. The molecule has 0 spiro atoms. The van der Waals surface area contributed by atoms with Crippen molar-refractivity contribution in [2.75, 3.05) is 25.0 Å². The van der Waals surface area contributed by atoms with Crippen molar-refractivity contribution in [3.8, 4) is 0 Å². The predicted molar refractivity (Wildman–Crippen MR) is 146 cm³/mol. The van der Waals surface area contributed by atoms with Gasteiger partial charge in [0.15, 0.2) is 0 Å². The Morgan fingerprint density at radius 3 is 2.29 bits per heavy atom. The highest BCUT2D eigenvalue weighted by atomic mass is 19.1. The molecule has 0 atom stereocenters. The minimum atomic E-state index is -0.602. The predicted octanol–water partition coefficient (Wildman–Crippen LogP) is 6.90. The van der Waals surface area contributed by atoms with E-state index in [0.29, 0.717) is 17.2 Å². The van der Waals surface area contributed by atoms with E-state index in [1.54, 1.807) is 12.1 Å². The quantitative estimate of drug-likeness (QED) is 0.399. The van der Waals surface area contributed by atoms with Crippen LogP contribution in [-0.2, 0) is 20.9 Å². The number of nitrogens with zero attached hydrogens (tertiary/aromatic N) is 1. The monoisotopic (exact) mass is 524 g/mol. The average Bonchev–Trinajstić information content (AvgIpc) is 2.88. The first kappa shape index (κ1) is 28.1. The molecule has 1 N–H and O–H groups in total. The molecule has 1 amide bonds. The maximum absolute atomic E-state index is 15.0. The number of piperidine rings is 1. The van der Waals surface area contributed by atoms with Gasteiger partial charge in [-0.05, 0) is 107 Å². The third kappa shape index (κ3) is 8.29. The number of hydrogen-bond acceptors (Lipinski definition) is 5. The van der Waals surface area contributed by atoms with Gasteiger partial charge in [0.05, 0.1) is 5.92 Å². The SMILES string of the molecule is CC(C)(C)OC(=O)C1CCC(CN2CCC(c3ccc(NC(=O)OCc4ccccc4)cc3F)CC2)CC1. The summed E-state index contributed by atoms with van der Waals surface area (Å²) in [5.74, 6) is 0.471. The molecule has 2 aliphatic rings. The Labute approximate surface area is 225 Å². The number of hydrogen-bond donors (Lipinski definition) is 1. The molecule has 1 aliphatic heterocycles. The third-order valence-electron chi connectivity index (χ3n) is 7.59. The number of ether oxygens (including phenoxy) is 2. The van der Waals surface area contributed by atoms with Crippen molar-refractivity contribution < 1.29 is 23.5 Å². The van der Waals surface area contributed by atoms with E-state index < -0.39 is 11.7 Å². The molecule has 2 fully saturated rings. The number of rotatable bonds is 7.